The molecule has 1 aromatic heterocycles. The highest BCUT2D eigenvalue weighted by Crippen LogP contribution is 2.35. The first kappa shape index (κ1) is 16.4. The van der Waals surface area contributed by atoms with Gasteiger partial charge in [-0.2, -0.15) is 0 Å². The first-order chi connectivity index (χ1) is 12.0. The lowest BCUT2D eigenvalue weighted by Crippen LogP contribution is -2.00. The number of aryl methyl sites for hydroxylation is 1. The molecule has 1 N–H and O–H groups in total. The lowest BCUT2D eigenvalue weighted by atomic mass is 10.1. The van der Waals surface area contributed by atoms with Crippen molar-refractivity contribution in [2.45, 2.75) is 6.92 Å². The summed E-state index contributed by atoms with van der Waals surface area (Å²) >= 11 is 0. The largest absolute Gasteiger partial charge is 0.493 e. The van der Waals surface area contributed by atoms with Gasteiger partial charge in [0.05, 0.1) is 24.7 Å². The molecular formula is C17H16N4O4. The number of nitrogens with zero attached hydrogens (tertiary/aromatic N) is 3. The topological polar surface area (TPSA) is 99.4 Å². The molecule has 1 heterocycles. The van der Waals surface area contributed by atoms with Crippen LogP contribution < -0.4 is 14.8 Å². The van der Waals surface area contributed by atoms with Crippen LogP contribution in [-0.2, 0) is 0 Å². The fourth-order valence-electron chi connectivity index (χ4n) is 2.47. The first-order valence-corrected chi connectivity index (χ1v) is 7.42. The lowest BCUT2D eigenvalue weighted by Gasteiger charge is -2.13. The van der Waals surface area contributed by atoms with E-state index in [9.17, 15) is 10.1 Å². The van der Waals surface area contributed by atoms with Crippen LogP contribution in [0.1, 0.15) is 5.56 Å². The lowest BCUT2D eigenvalue weighted by molar-refractivity contribution is -0.384. The van der Waals surface area contributed by atoms with Crippen LogP contribution in [0.3, 0.4) is 0 Å². The fraction of sp³-hybridized carbons (Fsp3) is 0.176. The van der Waals surface area contributed by atoms with Crippen molar-refractivity contribution in [1.82, 2.24) is 9.97 Å². The van der Waals surface area contributed by atoms with Gasteiger partial charge in [-0.1, -0.05) is 6.07 Å². The van der Waals surface area contributed by atoms with Gasteiger partial charge in [0.2, 0.25) is 0 Å². The summed E-state index contributed by atoms with van der Waals surface area (Å²) in [5.41, 5.74) is 2.13. The van der Waals surface area contributed by atoms with E-state index in [4.69, 9.17) is 9.47 Å². The van der Waals surface area contributed by atoms with Crippen LogP contribution in [0, 0.1) is 17.0 Å². The number of anilines is 2. The maximum atomic E-state index is 11.0. The smallest absolute Gasteiger partial charge is 0.271 e. The molecule has 0 saturated heterocycles. The van der Waals surface area contributed by atoms with Gasteiger partial charge in [-0.05, 0) is 18.6 Å². The average Bonchev–Trinajstić information content (AvgIpc) is 2.62. The monoisotopic (exact) mass is 340 g/mol. The Hall–Kier alpha value is -3.42. The van der Waals surface area contributed by atoms with Crippen molar-refractivity contribution in [2.24, 2.45) is 0 Å². The number of ether oxygens (including phenoxy) is 2. The van der Waals surface area contributed by atoms with Gasteiger partial charge >= 0.3 is 0 Å². The van der Waals surface area contributed by atoms with E-state index in [0.29, 0.717) is 33.9 Å². The normalized spacial score (nSPS) is 10.5. The fourth-order valence-corrected chi connectivity index (χ4v) is 2.47. The van der Waals surface area contributed by atoms with Crippen molar-refractivity contribution in [2.75, 3.05) is 19.5 Å². The Morgan fingerprint density at radius 1 is 1.08 bits per heavy atom. The maximum absolute atomic E-state index is 11.0. The number of aromatic nitrogens is 2. The highest BCUT2D eigenvalue weighted by Gasteiger charge is 2.13. The molecule has 3 rings (SSSR count). The van der Waals surface area contributed by atoms with Crippen LogP contribution >= 0.6 is 0 Å². The van der Waals surface area contributed by atoms with Crippen LogP contribution in [0.15, 0.2) is 36.7 Å². The highest BCUT2D eigenvalue weighted by atomic mass is 16.6. The first-order valence-electron chi connectivity index (χ1n) is 7.42. The van der Waals surface area contributed by atoms with Gasteiger partial charge in [0, 0.05) is 29.3 Å². The number of hydrogen-bond acceptors (Lipinski definition) is 7. The molecule has 0 aliphatic carbocycles. The Morgan fingerprint density at radius 3 is 2.48 bits per heavy atom. The Morgan fingerprint density at radius 2 is 1.80 bits per heavy atom. The Bertz CT molecular complexity index is 959. The molecule has 0 unspecified atom stereocenters. The van der Waals surface area contributed by atoms with Crippen molar-refractivity contribution in [1.29, 1.82) is 0 Å². The van der Waals surface area contributed by atoms with E-state index in [1.807, 2.05) is 6.92 Å². The maximum Gasteiger partial charge on any atom is 0.271 e. The third-order valence-electron chi connectivity index (χ3n) is 3.83. The summed E-state index contributed by atoms with van der Waals surface area (Å²) in [7, 11) is 3.10. The summed E-state index contributed by atoms with van der Waals surface area (Å²) in [6.45, 7) is 1.86. The summed E-state index contributed by atoms with van der Waals surface area (Å²) < 4.78 is 10.6. The van der Waals surface area contributed by atoms with E-state index in [1.54, 1.807) is 32.4 Å². The van der Waals surface area contributed by atoms with Crippen LogP contribution in [0.25, 0.3) is 10.9 Å². The molecule has 0 atom stereocenters. The second-order valence-electron chi connectivity index (χ2n) is 5.33. The van der Waals surface area contributed by atoms with Crippen molar-refractivity contribution in [3.8, 4) is 11.5 Å². The van der Waals surface area contributed by atoms with Gasteiger partial charge in [0.15, 0.2) is 11.5 Å². The molecule has 25 heavy (non-hydrogen) atoms. The zero-order valence-electron chi connectivity index (χ0n) is 13.9. The van der Waals surface area contributed by atoms with Crippen LogP contribution in [-0.4, -0.2) is 29.1 Å². The number of fused-ring (bicyclic) bond motifs is 1. The molecule has 8 heteroatoms. The number of methoxy groups -OCH3 is 2. The summed E-state index contributed by atoms with van der Waals surface area (Å²) in [5, 5.41) is 14.9. The quantitative estimate of drug-likeness (QED) is 0.559. The molecule has 0 aliphatic rings. The SMILES string of the molecule is COc1cc2ncnc(Nc3cc([N+](=O)[O-])ccc3C)c2cc1OC. The van der Waals surface area contributed by atoms with Gasteiger partial charge in [-0.25, -0.2) is 9.97 Å². The molecule has 0 spiro atoms. The zero-order valence-corrected chi connectivity index (χ0v) is 13.9. The van der Waals surface area contributed by atoms with E-state index >= 15 is 0 Å². The number of nitrogens with one attached hydrogen (secondary N) is 1. The van der Waals surface area contributed by atoms with E-state index in [1.165, 1.54) is 18.5 Å². The molecule has 2 aromatic carbocycles. The molecule has 3 aromatic rings. The molecular weight excluding hydrogens is 324 g/mol. The Labute approximate surface area is 143 Å². The Balaban J connectivity index is 2.10. The van der Waals surface area contributed by atoms with Crippen molar-refractivity contribution < 1.29 is 14.4 Å². The van der Waals surface area contributed by atoms with Gasteiger partial charge in [-0.3, -0.25) is 10.1 Å². The van der Waals surface area contributed by atoms with Gasteiger partial charge in [-0.15, -0.1) is 0 Å². The number of benzene rings is 2. The minimum Gasteiger partial charge on any atom is -0.493 e. The van der Waals surface area contributed by atoms with Crippen molar-refractivity contribution in [3.05, 3.63) is 52.3 Å². The van der Waals surface area contributed by atoms with Gasteiger partial charge in [0.25, 0.3) is 5.69 Å². The number of rotatable bonds is 5. The third-order valence-corrected chi connectivity index (χ3v) is 3.83. The molecule has 0 fully saturated rings. The summed E-state index contributed by atoms with van der Waals surface area (Å²) in [6, 6.07) is 8.15. The zero-order chi connectivity index (χ0) is 18.0. The van der Waals surface area contributed by atoms with Gasteiger partial charge in [0.1, 0.15) is 12.1 Å². The Kier molecular flexibility index (Phi) is 4.34. The highest BCUT2D eigenvalue weighted by molar-refractivity contribution is 5.93. The van der Waals surface area contributed by atoms with Crippen LogP contribution in [0.4, 0.5) is 17.2 Å². The number of nitro groups is 1. The second-order valence-corrected chi connectivity index (χ2v) is 5.33. The molecule has 8 nitrogen and oxygen atoms in total. The predicted molar refractivity (Wildman–Crippen MR) is 93.8 cm³/mol. The van der Waals surface area contributed by atoms with Crippen LogP contribution in [0.5, 0.6) is 11.5 Å². The molecule has 0 radical (unpaired) electrons. The van der Waals surface area contributed by atoms with Crippen molar-refractivity contribution in [3.63, 3.8) is 0 Å². The molecule has 128 valence electrons. The summed E-state index contributed by atoms with van der Waals surface area (Å²) in [5.74, 6) is 1.63. The third kappa shape index (κ3) is 3.14. The van der Waals surface area contributed by atoms with E-state index in [-0.39, 0.29) is 5.69 Å². The van der Waals surface area contributed by atoms with E-state index in [2.05, 4.69) is 15.3 Å². The average molecular weight is 340 g/mol. The number of nitro benzene ring substituents is 1. The minimum atomic E-state index is -0.434. The second kappa shape index (κ2) is 6.60. The standard InChI is InChI=1S/C17H16N4O4/c1-10-4-5-11(21(22)23)6-13(10)20-17-12-7-15(24-2)16(25-3)8-14(12)18-9-19-17/h4-9H,1-3H3,(H,18,19,20). The predicted octanol–water partition coefficient (Wildman–Crippen LogP) is 3.61. The van der Waals surface area contributed by atoms with E-state index in [0.717, 1.165) is 5.56 Å². The summed E-state index contributed by atoms with van der Waals surface area (Å²) in [4.78, 5) is 19.1. The number of non-ortho nitro benzene ring substituents is 1. The molecule has 0 bridgehead atoms. The number of hydrogen-bond donors (Lipinski definition) is 1. The van der Waals surface area contributed by atoms with E-state index < -0.39 is 4.92 Å². The minimum absolute atomic E-state index is 0.00529. The van der Waals surface area contributed by atoms with Crippen LogP contribution in [0.2, 0.25) is 0 Å². The molecule has 0 saturated carbocycles. The molecule has 0 aliphatic heterocycles. The van der Waals surface area contributed by atoms with Crippen molar-refractivity contribution >= 4 is 28.1 Å². The summed E-state index contributed by atoms with van der Waals surface area (Å²) in [6.07, 6.45) is 1.42. The van der Waals surface area contributed by atoms with Gasteiger partial charge < -0.3 is 14.8 Å². The molecule has 0 amide bonds.